The normalized spacial score (nSPS) is 13.7. The number of carbonyl (C=O) groups excluding carboxylic acids is 3. The lowest BCUT2D eigenvalue weighted by molar-refractivity contribution is -0.112. The van der Waals surface area contributed by atoms with E-state index >= 15 is 0 Å². The van der Waals surface area contributed by atoms with E-state index in [2.05, 4.69) is 15.6 Å². The molecule has 27 heavy (non-hydrogen) atoms. The van der Waals surface area contributed by atoms with E-state index in [4.69, 9.17) is 0 Å². The third-order valence-corrected chi connectivity index (χ3v) is 4.60. The minimum absolute atomic E-state index is 0.177. The number of Topliss-reactive ketones (excluding diaryl/α,β-unsaturated/α-hetero) is 1. The number of carbonyl (C=O) groups is 3. The van der Waals surface area contributed by atoms with E-state index in [0.717, 1.165) is 10.9 Å². The number of aryl methyl sites for hydroxylation is 1. The molecule has 0 aliphatic carbocycles. The van der Waals surface area contributed by atoms with E-state index in [1.807, 2.05) is 24.3 Å². The molecule has 3 aromatic rings. The van der Waals surface area contributed by atoms with Gasteiger partial charge in [0, 0.05) is 41.1 Å². The van der Waals surface area contributed by atoms with Gasteiger partial charge in [-0.2, -0.15) is 0 Å². The molecular formula is C20H18N4O3. The molecule has 3 amide bonds. The van der Waals surface area contributed by atoms with Crippen LogP contribution in [0.25, 0.3) is 10.9 Å². The van der Waals surface area contributed by atoms with Gasteiger partial charge in [0.1, 0.15) is 0 Å². The summed E-state index contributed by atoms with van der Waals surface area (Å²) in [5, 5.41) is 6.09. The van der Waals surface area contributed by atoms with Gasteiger partial charge in [0.25, 0.3) is 11.7 Å². The molecule has 1 aliphatic rings. The minimum Gasteiger partial charge on any atom is -0.358 e. The molecule has 3 N–H and O–H groups in total. The number of para-hydroxylation sites is 1. The van der Waals surface area contributed by atoms with Crippen LogP contribution in [0, 0.1) is 6.92 Å². The maximum absolute atomic E-state index is 12.7. The minimum atomic E-state index is -0.717. The van der Waals surface area contributed by atoms with Crippen molar-refractivity contribution in [1.29, 1.82) is 0 Å². The predicted molar refractivity (Wildman–Crippen MR) is 103 cm³/mol. The zero-order chi connectivity index (χ0) is 19.0. The van der Waals surface area contributed by atoms with Gasteiger partial charge >= 0.3 is 6.03 Å². The fourth-order valence-electron chi connectivity index (χ4n) is 3.34. The van der Waals surface area contributed by atoms with Crippen molar-refractivity contribution in [3.63, 3.8) is 0 Å². The molecule has 0 saturated carbocycles. The van der Waals surface area contributed by atoms with Gasteiger partial charge in [0.2, 0.25) is 0 Å². The van der Waals surface area contributed by atoms with Crippen LogP contribution in [0.4, 0.5) is 16.2 Å². The fraction of sp³-hybridized carbons (Fsp3) is 0.150. The summed E-state index contributed by atoms with van der Waals surface area (Å²) in [6.45, 7) is 2.91. The Kier molecular flexibility index (Phi) is 4.12. The lowest BCUT2D eigenvalue weighted by atomic mass is 10.1. The van der Waals surface area contributed by atoms with Crippen LogP contribution in [0.3, 0.4) is 0 Å². The SMILES string of the molecule is Cc1[nH]c2ccccc2c1C(=O)C(=O)Nc1cccc(N2CCNC2=O)c1. The quantitative estimate of drug-likeness (QED) is 0.492. The summed E-state index contributed by atoms with van der Waals surface area (Å²) in [5.41, 5.74) is 2.96. The smallest absolute Gasteiger partial charge is 0.321 e. The molecule has 1 aromatic heterocycles. The third-order valence-electron chi connectivity index (χ3n) is 4.60. The third kappa shape index (κ3) is 3.03. The molecule has 136 valence electrons. The van der Waals surface area contributed by atoms with E-state index < -0.39 is 11.7 Å². The number of amides is 3. The molecule has 0 radical (unpaired) electrons. The Bertz CT molecular complexity index is 1070. The predicted octanol–water partition coefficient (Wildman–Crippen LogP) is 2.83. The molecule has 0 spiro atoms. The molecule has 7 nitrogen and oxygen atoms in total. The van der Waals surface area contributed by atoms with Crippen molar-refractivity contribution < 1.29 is 14.4 Å². The molecule has 1 saturated heterocycles. The van der Waals surface area contributed by atoms with Gasteiger partial charge < -0.3 is 15.6 Å². The van der Waals surface area contributed by atoms with Crippen molar-refractivity contribution in [2.24, 2.45) is 0 Å². The Morgan fingerprint density at radius 2 is 1.93 bits per heavy atom. The number of fused-ring (bicyclic) bond motifs is 1. The number of nitrogens with zero attached hydrogens (tertiary/aromatic N) is 1. The number of H-pyrrole nitrogens is 1. The zero-order valence-corrected chi connectivity index (χ0v) is 14.7. The van der Waals surface area contributed by atoms with Crippen LogP contribution in [0.2, 0.25) is 0 Å². The number of hydrogen-bond acceptors (Lipinski definition) is 3. The van der Waals surface area contributed by atoms with E-state index in [1.54, 1.807) is 36.1 Å². The molecule has 2 heterocycles. The second kappa shape index (κ2) is 6.60. The lowest BCUT2D eigenvalue weighted by Crippen LogP contribution is -2.28. The number of urea groups is 1. The summed E-state index contributed by atoms with van der Waals surface area (Å²) in [6.07, 6.45) is 0. The van der Waals surface area contributed by atoms with E-state index in [1.165, 1.54) is 0 Å². The highest BCUT2D eigenvalue weighted by atomic mass is 16.2. The van der Waals surface area contributed by atoms with Crippen LogP contribution in [-0.4, -0.2) is 35.8 Å². The van der Waals surface area contributed by atoms with Gasteiger partial charge in [0.05, 0.1) is 5.56 Å². The average molecular weight is 362 g/mol. The Hall–Kier alpha value is -3.61. The average Bonchev–Trinajstić information content (AvgIpc) is 3.23. The van der Waals surface area contributed by atoms with Crippen molar-refractivity contribution in [3.05, 3.63) is 59.8 Å². The maximum Gasteiger partial charge on any atom is 0.321 e. The van der Waals surface area contributed by atoms with Crippen LogP contribution in [0.5, 0.6) is 0 Å². The van der Waals surface area contributed by atoms with E-state index in [0.29, 0.717) is 35.7 Å². The first-order valence-corrected chi connectivity index (χ1v) is 8.63. The molecule has 0 atom stereocenters. The molecule has 2 aromatic carbocycles. The number of aromatic nitrogens is 1. The van der Waals surface area contributed by atoms with Crippen LogP contribution >= 0.6 is 0 Å². The summed E-state index contributed by atoms with van der Waals surface area (Å²) in [6, 6.07) is 14.1. The standard InChI is InChI=1S/C20H18N4O3/c1-12-17(15-7-2-3-8-16(15)22-12)18(25)19(26)23-13-5-4-6-14(11-13)24-10-9-21-20(24)27/h2-8,11,22H,9-10H2,1H3,(H,21,27)(H,23,26). The summed E-state index contributed by atoms with van der Waals surface area (Å²) in [5.74, 6) is -1.32. The van der Waals surface area contributed by atoms with Crippen LogP contribution in [0.1, 0.15) is 16.1 Å². The first-order chi connectivity index (χ1) is 13.0. The summed E-state index contributed by atoms with van der Waals surface area (Å²) >= 11 is 0. The number of ketones is 1. The van der Waals surface area contributed by atoms with Crippen molar-refractivity contribution in [2.45, 2.75) is 6.92 Å². The summed E-state index contributed by atoms with van der Waals surface area (Å²) in [4.78, 5) is 41.8. The Morgan fingerprint density at radius 1 is 1.11 bits per heavy atom. The van der Waals surface area contributed by atoms with E-state index in [9.17, 15) is 14.4 Å². The monoisotopic (exact) mass is 362 g/mol. The number of rotatable bonds is 4. The summed E-state index contributed by atoms with van der Waals surface area (Å²) in [7, 11) is 0. The van der Waals surface area contributed by atoms with Crippen molar-refractivity contribution in [3.8, 4) is 0 Å². The van der Waals surface area contributed by atoms with Crippen LogP contribution < -0.4 is 15.5 Å². The molecule has 0 unspecified atom stereocenters. The van der Waals surface area contributed by atoms with Crippen molar-refractivity contribution >= 4 is 40.0 Å². The topological polar surface area (TPSA) is 94.3 Å². The second-order valence-corrected chi connectivity index (χ2v) is 6.39. The van der Waals surface area contributed by atoms with Gasteiger partial charge in [-0.15, -0.1) is 0 Å². The highest BCUT2D eigenvalue weighted by Gasteiger charge is 2.24. The molecule has 0 bridgehead atoms. The molecule has 1 fully saturated rings. The Labute approximate surface area is 155 Å². The second-order valence-electron chi connectivity index (χ2n) is 6.39. The number of nitrogens with one attached hydrogen (secondary N) is 3. The Morgan fingerprint density at radius 3 is 2.70 bits per heavy atom. The van der Waals surface area contributed by atoms with Crippen molar-refractivity contribution in [1.82, 2.24) is 10.3 Å². The van der Waals surface area contributed by atoms with Gasteiger partial charge in [-0.3, -0.25) is 14.5 Å². The number of aromatic amines is 1. The maximum atomic E-state index is 12.7. The van der Waals surface area contributed by atoms with Crippen LogP contribution in [0.15, 0.2) is 48.5 Å². The van der Waals surface area contributed by atoms with Crippen molar-refractivity contribution in [2.75, 3.05) is 23.3 Å². The molecule has 7 heteroatoms. The van der Waals surface area contributed by atoms with Gasteiger partial charge in [-0.1, -0.05) is 24.3 Å². The van der Waals surface area contributed by atoms with E-state index in [-0.39, 0.29) is 6.03 Å². The summed E-state index contributed by atoms with van der Waals surface area (Å²) < 4.78 is 0. The highest BCUT2D eigenvalue weighted by Crippen LogP contribution is 2.24. The van der Waals surface area contributed by atoms with Crippen LogP contribution in [-0.2, 0) is 4.79 Å². The van der Waals surface area contributed by atoms with Gasteiger partial charge in [-0.25, -0.2) is 4.79 Å². The zero-order valence-electron chi connectivity index (χ0n) is 14.7. The largest absolute Gasteiger partial charge is 0.358 e. The number of benzene rings is 2. The number of hydrogen-bond donors (Lipinski definition) is 3. The molecule has 4 rings (SSSR count). The van der Waals surface area contributed by atoms with Gasteiger partial charge in [0.15, 0.2) is 0 Å². The molecular weight excluding hydrogens is 344 g/mol. The highest BCUT2D eigenvalue weighted by molar-refractivity contribution is 6.48. The first kappa shape index (κ1) is 16.8. The van der Waals surface area contributed by atoms with Gasteiger partial charge in [-0.05, 0) is 31.2 Å². The number of anilines is 2. The lowest BCUT2D eigenvalue weighted by Gasteiger charge is -2.15. The first-order valence-electron chi connectivity index (χ1n) is 8.63. The molecule has 1 aliphatic heterocycles. The fourth-order valence-corrected chi connectivity index (χ4v) is 3.34. The Balaban J connectivity index is 1.58.